The van der Waals surface area contributed by atoms with E-state index in [1.54, 1.807) is 0 Å². The van der Waals surface area contributed by atoms with E-state index in [4.69, 9.17) is 0 Å². The summed E-state index contributed by atoms with van der Waals surface area (Å²) in [5.74, 6) is 0.481. The number of amides is 3. The number of hydrogen-bond acceptors (Lipinski definition) is 2. The Bertz CT molecular complexity index is 815. The number of urea groups is 1. The molecule has 5 heteroatoms. The normalized spacial score (nSPS) is 15.9. The molecule has 2 aliphatic rings. The van der Waals surface area contributed by atoms with Crippen LogP contribution in [0.5, 0.6) is 0 Å². The van der Waals surface area contributed by atoms with Crippen LogP contribution in [0.2, 0.25) is 0 Å². The van der Waals surface area contributed by atoms with Gasteiger partial charge in [-0.2, -0.15) is 0 Å². The van der Waals surface area contributed by atoms with E-state index < -0.39 is 0 Å². The van der Waals surface area contributed by atoms with Crippen LogP contribution in [0.15, 0.2) is 48.5 Å². The molecule has 26 heavy (non-hydrogen) atoms. The summed E-state index contributed by atoms with van der Waals surface area (Å²) in [6.45, 7) is 1.29. The SMILES string of the molecule is O=C(NCc1ccccc1)Nc1ccc2c(c1)CCCN2C(=O)C1CC1. The van der Waals surface area contributed by atoms with Crippen molar-refractivity contribution in [2.45, 2.75) is 32.2 Å². The van der Waals surface area contributed by atoms with Crippen molar-refractivity contribution in [1.29, 1.82) is 0 Å². The molecular formula is C21H23N3O2. The molecule has 0 bridgehead atoms. The minimum Gasteiger partial charge on any atom is -0.334 e. The highest BCUT2D eigenvalue weighted by molar-refractivity contribution is 5.98. The first-order valence-electron chi connectivity index (χ1n) is 9.24. The zero-order valence-corrected chi connectivity index (χ0v) is 14.7. The number of nitrogens with zero attached hydrogens (tertiary/aromatic N) is 1. The molecule has 4 rings (SSSR count). The number of fused-ring (bicyclic) bond motifs is 1. The van der Waals surface area contributed by atoms with Crippen LogP contribution in [0.3, 0.4) is 0 Å². The zero-order valence-electron chi connectivity index (χ0n) is 14.7. The summed E-state index contributed by atoms with van der Waals surface area (Å²) < 4.78 is 0. The largest absolute Gasteiger partial charge is 0.334 e. The number of hydrogen-bond donors (Lipinski definition) is 2. The molecule has 134 valence electrons. The molecule has 0 aromatic heterocycles. The van der Waals surface area contributed by atoms with Crippen LogP contribution in [0.25, 0.3) is 0 Å². The van der Waals surface area contributed by atoms with E-state index in [0.717, 1.165) is 54.7 Å². The van der Waals surface area contributed by atoms with Crippen LogP contribution in [-0.2, 0) is 17.8 Å². The number of nitrogens with one attached hydrogen (secondary N) is 2. The number of anilines is 2. The van der Waals surface area contributed by atoms with Gasteiger partial charge in [-0.25, -0.2) is 4.79 Å². The van der Waals surface area contributed by atoms with E-state index in [-0.39, 0.29) is 17.9 Å². The molecule has 2 N–H and O–H groups in total. The van der Waals surface area contributed by atoms with Crippen LogP contribution in [0.4, 0.5) is 16.2 Å². The fourth-order valence-electron chi connectivity index (χ4n) is 3.41. The number of benzene rings is 2. The number of aryl methyl sites for hydroxylation is 1. The third-order valence-corrected chi connectivity index (χ3v) is 4.94. The molecule has 0 unspecified atom stereocenters. The summed E-state index contributed by atoms with van der Waals surface area (Å²) in [6, 6.07) is 15.4. The van der Waals surface area contributed by atoms with Crippen molar-refractivity contribution < 1.29 is 9.59 Å². The quantitative estimate of drug-likeness (QED) is 0.884. The van der Waals surface area contributed by atoms with E-state index in [1.165, 1.54) is 0 Å². The first-order valence-corrected chi connectivity index (χ1v) is 9.24. The van der Waals surface area contributed by atoms with E-state index in [1.807, 2.05) is 53.4 Å². The molecular weight excluding hydrogens is 326 g/mol. The predicted octanol–water partition coefficient (Wildman–Crippen LogP) is 3.70. The minimum absolute atomic E-state index is 0.225. The van der Waals surface area contributed by atoms with Gasteiger partial charge >= 0.3 is 6.03 Å². The number of carbonyl (C=O) groups is 2. The number of rotatable bonds is 4. The van der Waals surface area contributed by atoms with Gasteiger partial charge in [-0.05, 0) is 55.0 Å². The fraction of sp³-hybridized carbons (Fsp3) is 0.333. The molecule has 0 atom stereocenters. The lowest BCUT2D eigenvalue weighted by Crippen LogP contribution is -2.36. The third kappa shape index (κ3) is 3.72. The Hall–Kier alpha value is -2.82. The lowest BCUT2D eigenvalue weighted by Gasteiger charge is -2.30. The minimum atomic E-state index is -0.226. The molecule has 0 saturated heterocycles. The maximum absolute atomic E-state index is 12.5. The second-order valence-corrected chi connectivity index (χ2v) is 7.00. The second-order valence-electron chi connectivity index (χ2n) is 7.00. The Labute approximate surface area is 153 Å². The van der Waals surface area contributed by atoms with Crippen molar-refractivity contribution in [3.8, 4) is 0 Å². The van der Waals surface area contributed by atoms with E-state index in [9.17, 15) is 9.59 Å². The summed E-state index contributed by atoms with van der Waals surface area (Å²) in [7, 11) is 0. The number of carbonyl (C=O) groups excluding carboxylic acids is 2. The van der Waals surface area contributed by atoms with Crippen molar-refractivity contribution in [2.75, 3.05) is 16.8 Å². The van der Waals surface area contributed by atoms with Gasteiger partial charge in [0.05, 0.1) is 0 Å². The summed E-state index contributed by atoms with van der Waals surface area (Å²) in [5, 5.41) is 5.75. The van der Waals surface area contributed by atoms with Crippen LogP contribution < -0.4 is 15.5 Å². The van der Waals surface area contributed by atoms with Gasteiger partial charge in [-0.15, -0.1) is 0 Å². The highest BCUT2D eigenvalue weighted by atomic mass is 16.2. The fourth-order valence-corrected chi connectivity index (χ4v) is 3.41. The zero-order chi connectivity index (χ0) is 17.9. The van der Waals surface area contributed by atoms with Crippen LogP contribution in [0, 0.1) is 5.92 Å². The highest BCUT2D eigenvalue weighted by Gasteiger charge is 2.35. The molecule has 1 aliphatic carbocycles. The maximum Gasteiger partial charge on any atom is 0.319 e. The van der Waals surface area contributed by atoms with Crippen LogP contribution >= 0.6 is 0 Å². The Kier molecular flexibility index (Phi) is 4.61. The molecule has 5 nitrogen and oxygen atoms in total. The molecule has 1 aliphatic heterocycles. The molecule has 2 aromatic rings. The van der Waals surface area contributed by atoms with Crippen LogP contribution in [-0.4, -0.2) is 18.5 Å². The van der Waals surface area contributed by atoms with Gasteiger partial charge in [0.1, 0.15) is 0 Å². The summed E-state index contributed by atoms with van der Waals surface area (Å²) >= 11 is 0. The maximum atomic E-state index is 12.5. The summed E-state index contributed by atoms with van der Waals surface area (Å²) in [4.78, 5) is 26.5. The van der Waals surface area contributed by atoms with Gasteiger partial charge in [0.15, 0.2) is 0 Å². The first-order chi connectivity index (χ1) is 12.7. The Balaban J connectivity index is 1.40. The Morgan fingerprint density at radius 3 is 2.65 bits per heavy atom. The molecule has 1 fully saturated rings. The molecule has 2 aromatic carbocycles. The molecule has 0 radical (unpaired) electrons. The average Bonchev–Trinajstić information content (AvgIpc) is 3.51. The van der Waals surface area contributed by atoms with E-state index in [2.05, 4.69) is 10.6 Å². The topological polar surface area (TPSA) is 61.4 Å². The van der Waals surface area contributed by atoms with Gasteiger partial charge in [-0.3, -0.25) is 4.79 Å². The summed E-state index contributed by atoms with van der Waals surface area (Å²) in [6.07, 6.45) is 3.94. The lowest BCUT2D eigenvalue weighted by molar-refractivity contribution is -0.119. The van der Waals surface area contributed by atoms with Gasteiger partial charge < -0.3 is 15.5 Å². The van der Waals surface area contributed by atoms with Gasteiger partial charge in [-0.1, -0.05) is 30.3 Å². The van der Waals surface area contributed by atoms with E-state index in [0.29, 0.717) is 6.54 Å². The summed E-state index contributed by atoms with van der Waals surface area (Å²) in [5.41, 5.74) is 3.95. The Morgan fingerprint density at radius 1 is 1.08 bits per heavy atom. The van der Waals surface area contributed by atoms with Gasteiger partial charge in [0.25, 0.3) is 0 Å². The monoisotopic (exact) mass is 349 g/mol. The van der Waals surface area contributed by atoms with Crippen molar-refractivity contribution in [2.24, 2.45) is 5.92 Å². The van der Waals surface area contributed by atoms with Crippen molar-refractivity contribution in [3.63, 3.8) is 0 Å². The Morgan fingerprint density at radius 2 is 1.88 bits per heavy atom. The molecule has 1 heterocycles. The van der Waals surface area contributed by atoms with Crippen molar-refractivity contribution in [3.05, 3.63) is 59.7 Å². The second kappa shape index (κ2) is 7.20. The smallest absolute Gasteiger partial charge is 0.319 e. The molecule has 1 saturated carbocycles. The standard InChI is InChI=1S/C21H23N3O2/c25-20(16-8-9-16)24-12-4-7-17-13-18(10-11-19(17)24)23-21(26)22-14-15-5-2-1-3-6-15/h1-3,5-6,10-11,13,16H,4,7-9,12,14H2,(H2,22,23,26). The first kappa shape index (κ1) is 16.6. The average molecular weight is 349 g/mol. The van der Waals surface area contributed by atoms with E-state index >= 15 is 0 Å². The van der Waals surface area contributed by atoms with Gasteiger partial charge in [0.2, 0.25) is 5.91 Å². The molecule has 3 amide bonds. The van der Waals surface area contributed by atoms with Crippen molar-refractivity contribution >= 4 is 23.3 Å². The van der Waals surface area contributed by atoms with Gasteiger partial charge in [0, 0.05) is 30.4 Å². The molecule has 0 spiro atoms. The van der Waals surface area contributed by atoms with Crippen molar-refractivity contribution in [1.82, 2.24) is 5.32 Å². The highest BCUT2D eigenvalue weighted by Crippen LogP contribution is 2.36. The third-order valence-electron chi connectivity index (χ3n) is 4.94. The van der Waals surface area contributed by atoms with Crippen LogP contribution in [0.1, 0.15) is 30.4 Å². The lowest BCUT2D eigenvalue weighted by atomic mass is 10.0. The predicted molar refractivity (Wildman–Crippen MR) is 102 cm³/mol.